The minimum Gasteiger partial charge on any atom is -0.391 e. The summed E-state index contributed by atoms with van der Waals surface area (Å²) >= 11 is 0. The number of rotatable bonds is 45. The van der Waals surface area contributed by atoms with Gasteiger partial charge in [-0.1, -0.05) is 206 Å². The maximum absolute atomic E-state index is 12.9. The number of unbranched alkanes of at least 4 members (excludes halogenated alkanes) is 30. The van der Waals surface area contributed by atoms with E-state index in [1.807, 2.05) is 21.1 Å². The number of quaternary nitrogens is 1. The van der Waals surface area contributed by atoms with Crippen LogP contribution in [0.5, 0.6) is 0 Å². The summed E-state index contributed by atoms with van der Waals surface area (Å²) in [4.78, 5) is 23.2. The third-order valence-corrected chi connectivity index (χ3v) is 12.2. The van der Waals surface area contributed by atoms with E-state index in [1.54, 1.807) is 0 Å². The highest BCUT2D eigenvalue weighted by Gasteiger charge is 2.28. The minimum atomic E-state index is -4.31. The predicted octanol–water partition coefficient (Wildman–Crippen LogP) is 13.9. The number of nitrogens with one attached hydrogen (secondary N) is 1. The summed E-state index contributed by atoms with van der Waals surface area (Å²) in [5, 5.41) is 14.0. The standard InChI is InChI=1S/C48H97N2O6P/c1-6-8-10-12-14-16-18-20-22-23-24-25-26-28-29-31-33-35-37-39-41-47(51)46(45-56-57(53,54)55-44-43-50(3,4)5)49-48(52)42-40-38-36-34-32-30-27-21-19-17-15-13-11-9-7-2/h17,19,46-47,51H,6-16,18,20-45H2,1-5H3,(H-,49,52,53,54)/p+1/b19-17-. The second kappa shape index (κ2) is 40.6. The zero-order chi connectivity index (χ0) is 42.1. The molecule has 0 spiro atoms. The Labute approximate surface area is 354 Å². The molecule has 57 heavy (non-hydrogen) atoms. The molecule has 0 saturated heterocycles. The van der Waals surface area contributed by atoms with Crippen LogP contribution in [0.4, 0.5) is 0 Å². The van der Waals surface area contributed by atoms with Gasteiger partial charge in [-0.3, -0.25) is 13.8 Å². The zero-order valence-electron chi connectivity index (χ0n) is 38.6. The van der Waals surface area contributed by atoms with Crippen molar-refractivity contribution in [3.8, 4) is 0 Å². The summed E-state index contributed by atoms with van der Waals surface area (Å²) in [7, 11) is 1.62. The van der Waals surface area contributed by atoms with Gasteiger partial charge in [-0.05, 0) is 38.5 Å². The topological polar surface area (TPSA) is 105 Å². The zero-order valence-corrected chi connectivity index (χ0v) is 39.5. The number of allylic oxidation sites excluding steroid dienone is 2. The van der Waals surface area contributed by atoms with Crippen molar-refractivity contribution >= 4 is 13.7 Å². The van der Waals surface area contributed by atoms with Crippen molar-refractivity contribution < 1.29 is 32.9 Å². The summed E-state index contributed by atoms with van der Waals surface area (Å²) in [6.07, 6.45) is 46.7. The molecule has 0 aliphatic heterocycles. The number of carbonyl (C=O) groups is 1. The van der Waals surface area contributed by atoms with Crippen LogP contribution in [-0.4, -0.2) is 73.4 Å². The number of aliphatic hydroxyl groups excluding tert-OH is 1. The molecule has 0 aromatic rings. The molecule has 0 aliphatic carbocycles. The van der Waals surface area contributed by atoms with Crippen molar-refractivity contribution in [1.82, 2.24) is 5.32 Å². The van der Waals surface area contributed by atoms with Crippen molar-refractivity contribution in [3.05, 3.63) is 12.2 Å². The van der Waals surface area contributed by atoms with E-state index in [0.717, 1.165) is 38.5 Å². The van der Waals surface area contributed by atoms with Crippen molar-refractivity contribution in [2.75, 3.05) is 40.9 Å². The van der Waals surface area contributed by atoms with Gasteiger partial charge in [0.2, 0.25) is 5.91 Å². The van der Waals surface area contributed by atoms with Crippen LogP contribution in [0.15, 0.2) is 12.2 Å². The van der Waals surface area contributed by atoms with Crippen LogP contribution in [0.1, 0.15) is 239 Å². The Morgan fingerprint density at radius 1 is 0.579 bits per heavy atom. The van der Waals surface area contributed by atoms with Crippen LogP contribution in [0, 0.1) is 0 Å². The fraction of sp³-hybridized carbons (Fsp3) is 0.938. The Bertz CT molecular complexity index is 942. The second-order valence-electron chi connectivity index (χ2n) is 18.2. The average Bonchev–Trinajstić information content (AvgIpc) is 3.16. The molecule has 340 valence electrons. The van der Waals surface area contributed by atoms with Gasteiger partial charge in [0.25, 0.3) is 0 Å². The van der Waals surface area contributed by atoms with Gasteiger partial charge < -0.3 is 19.8 Å². The van der Waals surface area contributed by atoms with Crippen LogP contribution in [0.3, 0.4) is 0 Å². The molecule has 0 bridgehead atoms. The molecule has 3 atom stereocenters. The molecule has 1 amide bonds. The molecule has 0 heterocycles. The lowest BCUT2D eigenvalue weighted by atomic mass is 10.0. The largest absolute Gasteiger partial charge is 0.472 e. The summed E-state index contributed by atoms with van der Waals surface area (Å²) < 4.78 is 23.7. The highest BCUT2D eigenvalue weighted by molar-refractivity contribution is 7.47. The van der Waals surface area contributed by atoms with Gasteiger partial charge in [0.1, 0.15) is 13.2 Å². The summed E-state index contributed by atoms with van der Waals surface area (Å²) in [6.45, 7) is 4.89. The fourth-order valence-corrected chi connectivity index (χ4v) is 8.07. The van der Waals surface area contributed by atoms with Crippen LogP contribution in [0.25, 0.3) is 0 Å². The highest BCUT2D eigenvalue weighted by Crippen LogP contribution is 2.43. The van der Waals surface area contributed by atoms with E-state index in [0.29, 0.717) is 23.9 Å². The van der Waals surface area contributed by atoms with Gasteiger partial charge in [-0.2, -0.15) is 0 Å². The van der Waals surface area contributed by atoms with Gasteiger partial charge in [0.05, 0.1) is 39.9 Å². The van der Waals surface area contributed by atoms with Crippen LogP contribution in [-0.2, 0) is 18.4 Å². The number of aliphatic hydroxyl groups is 1. The molecule has 3 N–H and O–H groups in total. The minimum absolute atomic E-state index is 0.0759. The quantitative estimate of drug-likeness (QED) is 0.0244. The Balaban J connectivity index is 4.27. The van der Waals surface area contributed by atoms with E-state index in [9.17, 15) is 19.4 Å². The number of amides is 1. The van der Waals surface area contributed by atoms with Crippen molar-refractivity contribution in [3.63, 3.8) is 0 Å². The highest BCUT2D eigenvalue weighted by atomic mass is 31.2. The van der Waals surface area contributed by atoms with Crippen molar-refractivity contribution in [2.24, 2.45) is 0 Å². The molecule has 0 rings (SSSR count). The molecule has 0 aliphatic rings. The lowest BCUT2D eigenvalue weighted by molar-refractivity contribution is -0.870. The van der Waals surface area contributed by atoms with E-state index in [4.69, 9.17) is 9.05 Å². The van der Waals surface area contributed by atoms with E-state index < -0.39 is 20.0 Å². The van der Waals surface area contributed by atoms with E-state index in [1.165, 1.54) is 173 Å². The number of nitrogens with zero attached hydrogens (tertiary/aromatic N) is 1. The van der Waals surface area contributed by atoms with Gasteiger partial charge in [-0.15, -0.1) is 0 Å². The Hall–Kier alpha value is -0.760. The first-order valence-corrected chi connectivity index (χ1v) is 26.0. The molecule has 9 heteroatoms. The maximum Gasteiger partial charge on any atom is 0.472 e. The average molecular weight is 830 g/mol. The first-order valence-electron chi connectivity index (χ1n) is 24.6. The molecule has 8 nitrogen and oxygen atoms in total. The monoisotopic (exact) mass is 830 g/mol. The van der Waals surface area contributed by atoms with Gasteiger partial charge in [0, 0.05) is 6.42 Å². The lowest BCUT2D eigenvalue weighted by Gasteiger charge is -2.26. The van der Waals surface area contributed by atoms with Crippen molar-refractivity contribution in [2.45, 2.75) is 251 Å². The van der Waals surface area contributed by atoms with Gasteiger partial charge >= 0.3 is 7.82 Å². The predicted molar refractivity (Wildman–Crippen MR) is 245 cm³/mol. The lowest BCUT2D eigenvalue weighted by Crippen LogP contribution is -2.46. The molecule has 0 fully saturated rings. The molecule has 3 unspecified atom stereocenters. The Morgan fingerprint density at radius 3 is 1.37 bits per heavy atom. The Morgan fingerprint density at radius 2 is 0.947 bits per heavy atom. The number of carbonyl (C=O) groups excluding carboxylic acids is 1. The fourth-order valence-electron chi connectivity index (χ4n) is 7.34. The first-order chi connectivity index (χ1) is 27.5. The van der Waals surface area contributed by atoms with E-state index in [2.05, 4.69) is 31.3 Å². The number of phosphoric ester groups is 1. The molecular weight excluding hydrogens is 732 g/mol. The van der Waals surface area contributed by atoms with E-state index >= 15 is 0 Å². The third kappa shape index (κ3) is 43.1. The number of likely N-dealkylation sites (N-methyl/N-ethyl adjacent to an activating group) is 1. The molecular formula is C48H98N2O6P+. The van der Waals surface area contributed by atoms with Gasteiger partial charge in [-0.25, -0.2) is 4.57 Å². The number of hydrogen-bond acceptors (Lipinski definition) is 5. The summed E-state index contributed by atoms with van der Waals surface area (Å²) in [5.74, 6) is -0.147. The molecule has 0 aromatic carbocycles. The Kier molecular flexibility index (Phi) is 40.1. The van der Waals surface area contributed by atoms with E-state index in [-0.39, 0.29) is 19.1 Å². The number of phosphoric acid groups is 1. The molecule has 0 aromatic heterocycles. The second-order valence-corrected chi connectivity index (χ2v) is 19.6. The van der Waals surface area contributed by atoms with Crippen LogP contribution >= 0.6 is 7.82 Å². The smallest absolute Gasteiger partial charge is 0.391 e. The van der Waals surface area contributed by atoms with Crippen LogP contribution in [0.2, 0.25) is 0 Å². The summed E-state index contributed by atoms with van der Waals surface area (Å²) in [6, 6.07) is -0.759. The SMILES string of the molecule is CCCCCC/C=C\CCCCCCCCCC(=O)NC(COP(=O)(O)OCC[N+](C)(C)C)C(O)CCCCCCCCCCCCCCCCCCCCCC. The maximum atomic E-state index is 12.9. The normalized spacial score (nSPS) is 14.3. The third-order valence-electron chi connectivity index (χ3n) is 11.3. The van der Waals surface area contributed by atoms with Crippen LogP contribution < -0.4 is 5.32 Å². The van der Waals surface area contributed by atoms with Crippen molar-refractivity contribution in [1.29, 1.82) is 0 Å². The first kappa shape index (κ1) is 56.2. The molecule has 0 radical (unpaired) electrons. The number of hydrogen-bond donors (Lipinski definition) is 3. The summed E-state index contributed by atoms with van der Waals surface area (Å²) in [5.41, 5.74) is 0. The van der Waals surface area contributed by atoms with Gasteiger partial charge in [0.15, 0.2) is 0 Å². The molecule has 0 saturated carbocycles.